The molecule has 0 atom stereocenters. The van der Waals surface area contributed by atoms with Crippen molar-refractivity contribution in [3.8, 4) is 23.0 Å². The van der Waals surface area contributed by atoms with E-state index in [0.717, 1.165) is 22.6 Å². The second-order valence-corrected chi connectivity index (χ2v) is 8.25. The maximum Gasteiger partial charge on any atom is 0.189 e. The second kappa shape index (κ2) is 11.0. The van der Waals surface area contributed by atoms with Gasteiger partial charge in [-0.2, -0.15) is 0 Å². The summed E-state index contributed by atoms with van der Waals surface area (Å²) in [5, 5.41) is 0. The molecule has 0 N–H and O–H groups in total. The highest BCUT2D eigenvalue weighted by Gasteiger charge is 2.16. The van der Waals surface area contributed by atoms with Crippen LogP contribution in [0, 0.1) is 20.8 Å². The maximum absolute atomic E-state index is 6.16. The van der Waals surface area contributed by atoms with Crippen molar-refractivity contribution in [2.75, 3.05) is 13.4 Å². The molecule has 0 amide bonds. The fourth-order valence-electron chi connectivity index (χ4n) is 3.92. The van der Waals surface area contributed by atoms with Crippen LogP contribution in [0.25, 0.3) is 11.5 Å². The molecule has 0 aliphatic carbocycles. The zero-order chi connectivity index (χ0) is 23.9. The molecule has 2 aromatic heterocycles. The number of hydrogen-bond donors (Lipinski definition) is 0. The van der Waals surface area contributed by atoms with Crippen LogP contribution in [0.2, 0.25) is 0 Å². The molecule has 176 valence electrons. The molecular formula is C29H31NO4. The molecule has 0 aliphatic rings. The minimum Gasteiger partial charge on any atom is -0.489 e. The lowest BCUT2D eigenvalue weighted by atomic mass is 9.94. The Morgan fingerprint density at radius 1 is 0.853 bits per heavy atom. The lowest BCUT2D eigenvalue weighted by Gasteiger charge is -2.18. The Bertz CT molecular complexity index is 1220. The largest absolute Gasteiger partial charge is 0.489 e. The van der Waals surface area contributed by atoms with Gasteiger partial charge in [0.05, 0.1) is 6.26 Å². The number of rotatable bonds is 10. The third-order valence-corrected chi connectivity index (χ3v) is 5.98. The molecule has 0 spiro atoms. The number of hydrogen-bond acceptors (Lipinski definition) is 5. The fraction of sp³-hybridized carbons (Fsp3) is 0.276. The van der Waals surface area contributed by atoms with E-state index in [1.807, 2.05) is 49.4 Å². The van der Waals surface area contributed by atoms with Crippen LogP contribution in [-0.4, -0.2) is 18.4 Å². The second-order valence-electron chi connectivity index (χ2n) is 8.25. The van der Waals surface area contributed by atoms with Crippen LogP contribution in [0.4, 0.5) is 0 Å². The standard InChI is InChI=1S/C29H31NO4/c1-5-31-19-34-27-14-13-24(30-29(27)26-12-9-15-32-26)17-25-20(2)16-28(22(4)21(25)3)33-18-23-10-7-6-8-11-23/h6-16H,5,17-19H2,1-4H3. The van der Waals surface area contributed by atoms with Crippen LogP contribution in [-0.2, 0) is 17.8 Å². The summed E-state index contributed by atoms with van der Waals surface area (Å²) >= 11 is 0. The summed E-state index contributed by atoms with van der Waals surface area (Å²) in [5.41, 5.74) is 7.59. The third kappa shape index (κ3) is 5.49. The minimum absolute atomic E-state index is 0.174. The quantitative estimate of drug-likeness (QED) is 0.193. The van der Waals surface area contributed by atoms with Crippen LogP contribution < -0.4 is 9.47 Å². The Morgan fingerprint density at radius 3 is 2.41 bits per heavy atom. The molecule has 2 heterocycles. The van der Waals surface area contributed by atoms with Crippen molar-refractivity contribution in [3.63, 3.8) is 0 Å². The highest BCUT2D eigenvalue weighted by Crippen LogP contribution is 2.32. The molecular weight excluding hydrogens is 426 g/mol. The molecule has 0 unspecified atom stereocenters. The Kier molecular flexibility index (Phi) is 7.65. The monoisotopic (exact) mass is 457 g/mol. The number of benzene rings is 2. The van der Waals surface area contributed by atoms with Crippen molar-refractivity contribution in [1.82, 2.24) is 4.98 Å². The van der Waals surface area contributed by atoms with Gasteiger partial charge in [0.15, 0.2) is 18.3 Å². The van der Waals surface area contributed by atoms with Crippen molar-refractivity contribution in [3.05, 3.63) is 100 Å². The molecule has 0 saturated heterocycles. The zero-order valence-corrected chi connectivity index (χ0v) is 20.3. The molecule has 5 heteroatoms. The summed E-state index contributed by atoms with van der Waals surface area (Å²) in [7, 11) is 0. The summed E-state index contributed by atoms with van der Waals surface area (Å²) in [4.78, 5) is 4.89. The van der Waals surface area contributed by atoms with Crippen LogP contribution in [0.3, 0.4) is 0 Å². The van der Waals surface area contributed by atoms with Gasteiger partial charge in [-0.3, -0.25) is 0 Å². The Balaban J connectivity index is 1.58. The van der Waals surface area contributed by atoms with Crippen LogP contribution in [0.5, 0.6) is 11.5 Å². The first-order valence-electron chi connectivity index (χ1n) is 11.6. The maximum atomic E-state index is 6.16. The van der Waals surface area contributed by atoms with E-state index in [1.165, 1.54) is 16.7 Å². The number of nitrogens with zero attached hydrogens (tertiary/aromatic N) is 1. The van der Waals surface area contributed by atoms with Gasteiger partial charge >= 0.3 is 0 Å². The van der Waals surface area contributed by atoms with Crippen molar-refractivity contribution < 1.29 is 18.6 Å². The lowest BCUT2D eigenvalue weighted by molar-refractivity contribution is 0.0225. The molecule has 0 fully saturated rings. The normalized spacial score (nSPS) is 10.9. The van der Waals surface area contributed by atoms with Crippen LogP contribution in [0.15, 0.2) is 71.3 Å². The first-order chi connectivity index (χ1) is 16.6. The first-order valence-corrected chi connectivity index (χ1v) is 11.6. The smallest absolute Gasteiger partial charge is 0.189 e. The average Bonchev–Trinajstić information content (AvgIpc) is 3.39. The van der Waals surface area contributed by atoms with Gasteiger partial charge in [-0.15, -0.1) is 0 Å². The molecule has 0 aliphatic heterocycles. The van der Waals surface area contributed by atoms with Gasteiger partial charge in [-0.05, 0) is 85.8 Å². The average molecular weight is 458 g/mol. The fourth-order valence-corrected chi connectivity index (χ4v) is 3.92. The summed E-state index contributed by atoms with van der Waals surface area (Å²) < 4.78 is 22.9. The third-order valence-electron chi connectivity index (χ3n) is 5.98. The van der Waals surface area contributed by atoms with Crippen molar-refractivity contribution in [2.24, 2.45) is 0 Å². The number of pyridine rings is 1. The molecule has 0 radical (unpaired) electrons. The molecule has 4 aromatic rings. The van der Waals surface area contributed by atoms with Crippen LogP contribution in [0.1, 0.15) is 40.4 Å². The summed E-state index contributed by atoms with van der Waals surface area (Å²) in [6.45, 7) is 9.65. The Hall–Kier alpha value is -3.57. The molecule has 0 saturated carbocycles. The predicted octanol–water partition coefficient (Wildman–Crippen LogP) is 6.81. The Labute approximate surface area is 201 Å². The van der Waals surface area contributed by atoms with Crippen molar-refractivity contribution in [2.45, 2.75) is 40.7 Å². The van der Waals surface area contributed by atoms with E-state index < -0.39 is 0 Å². The molecule has 0 bridgehead atoms. The van der Waals surface area contributed by atoms with Gasteiger partial charge < -0.3 is 18.6 Å². The van der Waals surface area contributed by atoms with Crippen molar-refractivity contribution in [1.29, 1.82) is 0 Å². The number of aromatic nitrogens is 1. The van der Waals surface area contributed by atoms with E-state index in [-0.39, 0.29) is 6.79 Å². The van der Waals surface area contributed by atoms with Gasteiger partial charge in [-0.25, -0.2) is 4.98 Å². The van der Waals surface area contributed by atoms with E-state index >= 15 is 0 Å². The van der Waals surface area contributed by atoms with Gasteiger partial charge in [0.25, 0.3) is 0 Å². The molecule has 5 nitrogen and oxygen atoms in total. The van der Waals surface area contributed by atoms with Crippen LogP contribution >= 0.6 is 0 Å². The lowest BCUT2D eigenvalue weighted by Crippen LogP contribution is -2.06. The first kappa shape index (κ1) is 23.6. The van der Waals surface area contributed by atoms with Gasteiger partial charge in [-0.1, -0.05) is 30.3 Å². The molecule has 34 heavy (non-hydrogen) atoms. The summed E-state index contributed by atoms with van der Waals surface area (Å²) in [5.74, 6) is 2.23. The number of aryl methyl sites for hydroxylation is 1. The number of ether oxygens (including phenoxy) is 3. The zero-order valence-electron chi connectivity index (χ0n) is 20.3. The highest BCUT2D eigenvalue weighted by molar-refractivity contribution is 5.61. The molecule has 4 rings (SSSR count). The van der Waals surface area contributed by atoms with E-state index in [9.17, 15) is 0 Å². The summed E-state index contributed by atoms with van der Waals surface area (Å²) in [6, 6.07) is 20.0. The van der Waals surface area contributed by atoms with E-state index in [1.54, 1.807) is 6.26 Å². The topological polar surface area (TPSA) is 53.7 Å². The highest BCUT2D eigenvalue weighted by atomic mass is 16.7. The predicted molar refractivity (Wildman–Crippen MR) is 133 cm³/mol. The van der Waals surface area contributed by atoms with E-state index in [4.69, 9.17) is 23.6 Å². The Morgan fingerprint density at radius 2 is 1.68 bits per heavy atom. The minimum atomic E-state index is 0.174. The van der Waals surface area contributed by atoms with Gasteiger partial charge in [0.1, 0.15) is 18.1 Å². The van der Waals surface area contributed by atoms with Crippen molar-refractivity contribution >= 4 is 0 Å². The van der Waals surface area contributed by atoms with Gasteiger partial charge in [0.2, 0.25) is 0 Å². The van der Waals surface area contributed by atoms with E-state index in [2.05, 4.69) is 39.0 Å². The SMILES string of the molecule is CCOCOc1ccc(Cc2c(C)cc(OCc3ccccc3)c(C)c2C)nc1-c1ccco1. The van der Waals surface area contributed by atoms with E-state index in [0.29, 0.717) is 36.8 Å². The molecule has 2 aromatic carbocycles. The number of furan rings is 1. The van der Waals surface area contributed by atoms with Gasteiger partial charge in [0, 0.05) is 18.7 Å². The summed E-state index contributed by atoms with van der Waals surface area (Å²) in [6.07, 6.45) is 2.35.